The van der Waals surface area contributed by atoms with E-state index in [1.165, 1.54) is 18.2 Å². The summed E-state index contributed by atoms with van der Waals surface area (Å²) in [5, 5.41) is 5.47. The van der Waals surface area contributed by atoms with E-state index in [2.05, 4.69) is 20.4 Å². The maximum absolute atomic E-state index is 12.4. The number of nitrogens with zero attached hydrogens (tertiary/aromatic N) is 1. The van der Waals surface area contributed by atoms with Crippen LogP contribution in [0, 0.1) is 0 Å². The lowest BCUT2D eigenvalue weighted by molar-refractivity contribution is -0.274. The number of carbonyl (C=O) groups is 1. The lowest BCUT2D eigenvalue weighted by atomic mass is 10.2. The smallest absolute Gasteiger partial charge is 0.404 e. The van der Waals surface area contributed by atoms with Crippen molar-refractivity contribution in [2.45, 2.75) is 6.36 Å². The minimum Gasteiger partial charge on any atom is -0.404 e. The van der Waals surface area contributed by atoms with Crippen LogP contribution in [0.3, 0.4) is 0 Å². The molecule has 0 radical (unpaired) electrons. The van der Waals surface area contributed by atoms with Crippen LogP contribution in [0.2, 0.25) is 5.02 Å². The summed E-state index contributed by atoms with van der Waals surface area (Å²) in [6, 6.07) is 12.0. The van der Waals surface area contributed by atoms with Gasteiger partial charge in [0.25, 0.3) is 5.91 Å². The van der Waals surface area contributed by atoms with Crippen LogP contribution in [0.4, 0.5) is 18.9 Å². The van der Waals surface area contributed by atoms with E-state index >= 15 is 0 Å². The maximum Gasteiger partial charge on any atom is 0.573 e. The molecule has 2 rings (SSSR count). The van der Waals surface area contributed by atoms with Crippen molar-refractivity contribution in [1.29, 1.82) is 0 Å². The minimum absolute atomic E-state index is 0.0103. The van der Waals surface area contributed by atoms with E-state index in [-0.39, 0.29) is 30.6 Å². The molecule has 0 aliphatic rings. The Kier molecular flexibility index (Phi) is 6.89. The number of anilines is 1. The van der Waals surface area contributed by atoms with Crippen LogP contribution < -0.4 is 21.1 Å². The fourth-order valence-electron chi connectivity index (χ4n) is 2.05. The fraction of sp³-hybridized carbons (Fsp3) is 0.176. The van der Waals surface area contributed by atoms with Crippen LogP contribution in [-0.2, 0) is 0 Å². The van der Waals surface area contributed by atoms with Gasteiger partial charge in [-0.05, 0) is 24.3 Å². The standard InChI is InChI=1S/C17H16ClF3N4O2/c18-12-6-2-1-5-11(12)15(26)23-9-10-24-16(22)25-13-7-3-4-8-14(13)27-17(19,20)21/h1-8H,9-10H2,(H,23,26)(H3,22,24,25). The summed E-state index contributed by atoms with van der Waals surface area (Å²) in [6.07, 6.45) is -4.83. The van der Waals surface area contributed by atoms with Crippen molar-refractivity contribution >= 4 is 29.2 Å². The third-order valence-corrected chi connectivity index (χ3v) is 3.50. The number of rotatable bonds is 6. The van der Waals surface area contributed by atoms with Crippen molar-refractivity contribution in [2.75, 3.05) is 18.4 Å². The molecule has 1 amide bonds. The normalized spacial score (nSPS) is 11.8. The monoisotopic (exact) mass is 400 g/mol. The molecule has 0 unspecified atom stereocenters. The molecular formula is C17H16ClF3N4O2. The van der Waals surface area contributed by atoms with Gasteiger partial charge in [-0.1, -0.05) is 35.9 Å². The van der Waals surface area contributed by atoms with Crippen LogP contribution in [-0.4, -0.2) is 31.3 Å². The van der Waals surface area contributed by atoms with Gasteiger partial charge >= 0.3 is 6.36 Å². The molecule has 0 aromatic heterocycles. The minimum atomic E-state index is -4.83. The molecule has 27 heavy (non-hydrogen) atoms. The molecular weight excluding hydrogens is 385 g/mol. The van der Waals surface area contributed by atoms with Crippen molar-refractivity contribution < 1.29 is 22.7 Å². The number of hydrogen-bond acceptors (Lipinski definition) is 3. The summed E-state index contributed by atoms with van der Waals surface area (Å²) in [5.74, 6) is -0.929. The third-order valence-electron chi connectivity index (χ3n) is 3.17. The Morgan fingerprint density at radius 2 is 1.81 bits per heavy atom. The molecule has 144 valence electrons. The summed E-state index contributed by atoms with van der Waals surface area (Å²) in [4.78, 5) is 15.9. The van der Waals surface area contributed by atoms with Crippen molar-refractivity contribution in [1.82, 2.24) is 5.32 Å². The van der Waals surface area contributed by atoms with Gasteiger partial charge in [-0.15, -0.1) is 13.2 Å². The number of hydrogen-bond donors (Lipinski definition) is 3. The molecule has 0 fully saturated rings. The molecule has 10 heteroatoms. The second-order valence-electron chi connectivity index (χ2n) is 5.17. The number of ether oxygens (including phenoxy) is 1. The first-order valence-corrected chi connectivity index (χ1v) is 8.08. The second kappa shape index (κ2) is 9.13. The number of carbonyl (C=O) groups excluding carboxylic acids is 1. The van der Waals surface area contributed by atoms with E-state index in [0.717, 1.165) is 6.07 Å². The van der Waals surface area contributed by atoms with Gasteiger partial charge in [-0.25, -0.2) is 0 Å². The highest BCUT2D eigenvalue weighted by Crippen LogP contribution is 2.29. The zero-order valence-electron chi connectivity index (χ0n) is 13.9. The van der Waals surface area contributed by atoms with E-state index in [1.807, 2.05) is 0 Å². The Bertz CT molecular complexity index is 828. The molecule has 0 aliphatic heterocycles. The van der Waals surface area contributed by atoms with Gasteiger partial charge in [-0.2, -0.15) is 0 Å². The molecule has 0 saturated heterocycles. The van der Waals surface area contributed by atoms with Gasteiger partial charge in [0.15, 0.2) is 11.7 Å². The van der Waals surface area contributed by atoms with Crippen molar-refractivity contribution in [3.8, 4) is 5.75 Å². The molecule has 0 saturated carbocycles. The number of halogens is 4. The highest BCUT2D eigenvalue weighted by atomic mass is 35.5. The highest BCUT2D eigenvalue weighted by Gasteiger charge is 2.32. The van der Waals surface area contributed by atoms with Crippen molar-refractivity contribution in [3.63, 3.8) is 0 Å². The first-order chi connectivity index (χ1) is 12.8. The van der Waals surface area contributed by atoms with E-state index in [4.69, 9.17) is 17.3 Å². The van der Waals surface area contributed by atoms with Crippen LogP contribution in [0.1, 0.15) is 10.4 Å². The predicted octanol–water partition coefficient (Wildman–Crippen LogP) is 3.40. The molecule has 0 heterocycles. The van der Waals surface area contributed by atoms with Crippen LogP contribution in [0.5, 0.6) is 5.75 Å². The van der Waals surface area contributed by atoms with Crippen LogP contribution in [0.25, 0.3) is 0 Å². The Balaban J connectivity index is 1.88. The Morgan fingerprint density at radius 1 is 1.15 bits per heavy atom. The second-order valence-corrected chi connectivity index (χ2v) is 5.58. The molecule has 0 aliphatic carbocycles. The number of alkyl halides is 3. The molecule has 0 spiro atoms. The number of amides is 1. The number of guanidine groups is 1. The van der Waals surface area contributed by atoms with Gasteiger partial charge in [0.1, 0.15) is 0 Å². The lowest BCUT2D eigenvalue weighted by Crippen LogP contribution is -2.29. The Morgan fingerprint density at radius 3 is 2.52 bits per heavy atom. The van der Waals surface area contributed by atoms with Gasteiger partial charge in [0, 0.05) is 6.54 Å². The summed E-state index contributed by atoms with van der Waals surface area (Å²) in [5.41, 5.74) is 6.00. The SMILES string of the molecule is NC(=NCCNC(=O)c1ccccc1Cl)Nc1ccccc1OC(F)(F)F. The van der Waals surface area contributed by atoms with Crippen LogP contribution in [0.15, 0.2) is 53.5 Å². The first-order valence-electron chi connectivity index (χ1n) is 7.71. The van der Waals surface area contributed by atoms with Crippen molar-refractivity contribution in [2.24, 2.45) is 10.7 Å². The number of aliphatic imine (C=N–C) groups is 1. The average molecular weight is 401 g/mol. The summed E-state index contributed by atoms with van der Waals surface area (Å²) >= 11 is 5.92. The highest BCUT2D eigenvalue weighted by molar-refractivity contribution is 6.33. The average Bonchev–Trinajstić information content (AvgIpc) is 2.59. The van der Waals surface area contributed by atoms with Crippen molar-refractivity contribution in [3.05, 3.63) is 59.1 Å². The van der Waals surface area contributed by atoms with Gasteiger partial charge in [0.05, 0.1) is 22.8 Å². The lowest BCUT2D eigenvalue weighted by Gasteiger charge is -2.14. The Labute approximate surface area is 158 Å². The van der Waals surface area contributed by atoms with Gasteiger partial charge in [-0.3, -0.25) is 9.79 Å². The number of nitrogens with two attached hydrogens (primary N) is 1. The quantitative estimate of drug-likeness (QED) is 0.394. The summed E-state index contributed by atoms with van der Waals surface area (Å²) in [7, 11) is 0. The molecule has 2 aromatic carbocycles. The number of nitrogens with one attached hydrogen (secondary N) is 2. The number of benzene rings is 2. The molecule has 4 N–H and O–H groups in total. The summed E-state index contributed by atoms with van der Waals surface area (Å²) < 4.78 is 41.1. The zero-order valence-corrected chi connectivity index (χ0v) is 14.6. The Hall–Kier alpha value is -2.94. The fourth-order valence-corrected chi connectivity index (χ4v) is 2.27. The largest absolute Gasteiger partial charge is 0.573 e. The van der Waals surface area contributed by atoms with Gasteiger partial charge in [0.2, 0.25) is 0 Å². The van der Waals surface area contributed by atoms with E-state index in [1.54, 1.807) is 24.3 Å². The van der Waals surface area contributed by atoms with E-state index in [9.17, 15) is 18.0 Å². The molecule has 0 atom stereocenters. The van der Waals surface area contributed by atoms with Crippen LogP contribution >= 0.6 is 11.6 Å². The summed E-state index contributed by atoms with van der Waals surface area (Å²) in [6.45, 7) is 0.268. The molecule has 2 aromatic rings. The first kappa shape index (κ1) is 20.4. The third kappa shape index (κ3) is 6.70. The van der Waals surface area contributed by atoms with E-state index < -0.39 is 12.1 Å². The van der Waals surface area contributed by atoms with E-state index in [0.29, 0.717) is 10.6 Å². The topological polar surface area (TPSA) is 88.7 Å². The molecule has 0 bridgehead atoms. The maximum atomic E-state index is 12.4. The van der Waals surface area contributed by atoms with Gasteiger partial charge < -0.3 is 21.1 Å². The zero-order chi connectivity index (χ0) is 19.9. The molecule has 6 nitrogen and oxygen atoms in total. The number of para-hydroxylation sites is 2. The predicted molar refractivity (Wildman–Crippen MR) is 97.0 cm³/mol.